The van der Waals surface area contributed by atoms with E-state index in [-0.39, 0.29) is 24.5 Å². The van der Waals surface area contributed by atoms with Crippen LogP contribution >= 0.6 is 0 Å². The molecule has 2 fully saturated rings. The number of amides is 3. The van der Waals surface area contributed by atoms with Crippen molar-refractivity contribution in [1.82, 2.24) is 29.5 Å². The van der Waals surface area contributed by atoms with E-state index in [2.05, 4.69) is 20.0 Å². The molecule has 0 radical (unpaired) electrons. The molecule has 0 unspecified atom stereocenters. The zero-order chi connectivity index (χ0) is 19.0. The molecular formula is C17H23N7O3. The molecule has 0 spiro atoms. The lowest BCUT2D eigenvalue weighted by Crippen LogP contribution is -2.47. The molecule has 144 valence electrons. The number of hydrogen-bond donors (Lipinski definition) is 0. The van der Waals surface area contributed by atoms with Gasteiger partial charge < -0.3 is 14.5 Å². The molecule has 4 heterocycles. The molecule has 2 aliphatic rings. The third-order valence-electron chi connectivity index (χ3n) is 5.32. The fourth-order valence-corrected chi connectivity index (χ4v) is 3.84. The number of methoxy groups -OCH3 is 1. The minimum absolute atomic E-state index is 0.0662. The van der Waals surface area contributed by atoms with Crippen molar-refractivity contribution in [1.29, 1.82) is 0 Å². The molecule has 0 aromatic carbocycles. The SMILES string of the molecule is COCCN1C(=O)CN(C2CCN(c3ncnc4c3cnn4C)CC2)C1=O. The molecular weight excluding hydrogens is 350 g/mol. The topological polar surface area (TPSA) is 96.7 Å². The number of nitrogens with zero attached hydrogens (tertiary/aromatic N) is 7. The van der Waals surface area contributed by atoms with Crippen LogP contribution in [0.1, 0.15) is 12.8 Å². The van der Waals surface area contributed by atoms with Gasteiger partial charge in [-0.05, 0) is 12.8 Å². The van der Waals surface area contributed by atoms with E-state index in [1.54, 1.807) is 29.2 Å². The fourth-order valence-electron chi connectivity index (χ4n) is 3.84. The highest BCUT2D eigenvalue weighted by Crippen LogP contribution is 2.28. The lowest BCUT2D eigenvalue weighted by atomic mass is 10.0. The first-order valence-electron chi connectivity index (χ1n) is 9.07. The molecule has 4 rings (SSSR count). The van der Waals surface area contributed by atoms with Crippen LogP contribution in [0.3, 0.4) is 0 Å². The second-order valence-corrected chi connectivity index (χ2v) is 6.87. The van der Waals surface area contributed by atoms with Crippen molar-refractivity contribution in [2.75, 3.05) is 44.8 Å². The van der Waals surface area contributed by atoms with E-state index in [0.717, 1.165) is 42.8 Å². The summed E-state index contributed by atoms with van der Waals surface area (Å²) in [6, 6.07) is -0.136. The van der Waals surface area contributed by atoms with Gasteiger partial charge in [-0.15, -0.1) is 0 Å². The molecule has 2 aromatic heterocycles. The van der Waals surface area contributed by atoms with Crippen molar-refractivity contribution >= 4 is 28.8 Å². The second kappa shape index (κ2) is 7.10. The van der Waals surface area contributed by atoms with E-state index in [1.807, 2.05) is 7.05 Å². The molecule has 0 N–H and O–H groups in total. The summed E-state index contributed by atoms with van der Waals surface area (Å²) in [5, 5.41) is 5.19. The van der Waals surface area contributed by atoms with Crippen LogP contribution in [0.15, 0.2) is 12.5 Å². The predicted molar refractivity (Wildman–Crippen MR) is 97.2 cm³/mol. The Kier molecular flexibility index (Phi) is 4.65. The van der Waals surface area contributed by atoms with Crippen molar-refractivity contribution in [3.8, 4) is 0 Å². The van der Waals surface area contributed by atoms with Crippen LogP contribution in [0, 0.1) is 0 Å². The largest absolute Gasteiger partial charge is 0.383 e. The van der Waals surface area contributed by atoms with Crippen LogP contribution in [-0.4, -0.2) is 87.4 Å². The summed E-state index contributed by atoms with van der Waals surface area (Å²) in [5.41, 5.74) is 0.802. The second-order valence-electron chi connectivity index (χ2n) is 6.87. The van der Waals surface area contributed by atoms with Gasteiger partial charge in [0.25, 0.3) is 0 Å². The van der Waals surface area contributed by atoms with Gasteiger partial charge in [0.05, 0.1) is 24.7 Å². The Balaban J connectivity index is 1.43. The molecule has 0 atom stereocenters. The lowest BCUT2D eigenvalue weighted by molar-refractivity contribution is -0.125. The summed E-state index contributed by atoms with van der Waals surface area (Å²) in [7, 11) is 3.42. The molecule has 0 aliphatic carbocycles. The number of hydrogen-bond acceptors (Lipinski definition) is 7. The van der Waals surface area contributed by atoms with E-state index < -0.39 is 0 Å². The molecule has 10 nitrogen and oxygen atoms in total. The number of rotatable bonds is 5. The molecule has 10 heteroatoms. The lowest BCUT2D eigenvalue weighted by Gasteiger charge is -2.36. The number of carbonyl (C=O) groups excluding carboxylic acids is 2. The predicted octanol–water partition coefficient (Wildman–Crippen LogP) is 0.243. The summed E-state index contributed by atoms with van der Waals surface area (Å²) in [6.07, 6.45) is 4.93. The van der Waals surface area contributed by atoms with Gasteiger partial charge in [0, 0.05) is 33.3 Å². The Labute approximate surface area is 156 Å². The Hall–Kier alpha value is -2.75. The van der Waals surface area contributed by atoms with E-state index in [4.69, 9.17) is 4.74 Å². The molecule has 2 aromatic rings. The average Bonchev–Trinajstić information content (AvgIpc) is 3.20. The summed E-state index contributed by atoms with van der Waals surface area (Å²) < 4.78 is 6.72. The number of imide groups is 1. The molecule has 0 bridgehead atoms. The van der Waals surface area contributed by atoms with Crippen LogP contribution in [0.25, 0.3) is 11.0 Å². The number of anilines is 1. The summed E-state index contributed by atoms with van der Waals surface area (Å²) in [5.74, 6) is 0.726. The number of fused-ring (bicyclic) bond motifs is 1. The zero-order valence-corrected chi connectivity index (χ0v) is 15.5. The Bertz CT molecular complexity index is 859. The first kappa shape index (κ1) is 17.7. The molecule has 2 saturated heterocycles. The normalized spacial score (nSPS) is 19.0. The Morgan fingerprint density at radius 2 is 2.00 bits per heavy atom. The standard InChI is InChI=1S/C17H23N7O3/c1-21-15-13(9-20-21)16(19-11-18-15)22-5-3-12(4-6-22)24-10-14(25)23(17(24)26)7-8-27-2/h9,11-12H,3-8,10H2,1-2H3. The number of aromatic nitrogens is 4. The monoisotopic (exact) mass is 373 g/mol. The van der Waals surface area contributed by atoms with E-state index >= 15 is 0 Å². The third-order valence-corrected chi connectivity index (χ3v) is 5.32. The van der Waals surface area contributed by atoms with Crippen molar-refractivity contribution < 1.29 is 14.3 Å². The number of urea groups is 1. The van der Waals surface area contributed by atoms with E-state index in [0.29, 0.717) is 13.2 Å². The van der Waals surface area contributed by atoms with Gasteiger partial charge in [-0.2, -0.15) is 5.10 Å². The molecule has 0 saturated carbocycles. The highest BCUT2D eigenvalue weighted by Gasteiger charge is 2.40. The summed E-state index contributed by atoms with van der Waals surface area (Å²) >= 11 is 0. The Morgan fingerprint density at radius 3 is 2.74 bits per heavy atom. The number of ether oxygens (including phenoxy) is 1. The molecule has 2 aliphatic heterocycles. The summed E-state index contributed by atoms with van der Waals surface area (Å²) in [6.45, 7) is 2.36. The van der Waals surface area contributed by atoms with Crippen molar-refractivity contribution in [3.05, 3.63) is 12.5 Å². The van der Waals surface area contributed by atoms with Gasteiger partial charge in [0.2, 0.25) is 5.91 Å². The first-order chi connectivity index (χ1) is 13.1. The Morgan fingerprint density at radius 1 is 1.22 bits per heavy atom. The fraction of sp³-hybridized carbons (Fsp3) is 0.588. The van der Waals surface area contributed by atoms with Crippen LogP contribution in [-0.2, 0) is 16.6 Å². The van der Waals surface area contributed by atoms with Gasteiger partial charge in [-0.25, -0.2) is 14.8 Å². The molecule has 27 heavy (non-hydrogen) atoms. The number of aryl methyl sites for hydroxylation is 1. The van der Waals surface area contributed by atoms with Crippen LogP contribution in [0.5, 0.6) is 0 Å². The van der Waals surface area contributed by atoms with Gasteiger partial charge in [-0.1, -0.05) is 0 Å². The van der Waals surface area contributed by atoms with Crippen LogP contribution < -0.4 is 4.90 Å². The maximum absolute atomic E-state index is 12.6. The van der Waals surface area contributed by atoms with Crippen molar-refractivity contribution in [2.24, 2.45) is 7.05 Å². The van der Waals surface area contributed by atoms with E-state index in [9.17, 15) is 9.59 Å². The minimum Gasteiger partial charge on any atom is -0.383 e. The number of piperidine rings is 1. The van der Waals surface area contributed by atoms with Gasteiger partial charge >= 0.3 is 6.03 Å². The maximum atomic E-state index is 12.6. The van der Waals surface area contributed by atoms with Gasteiger partial charge in [0.1, 0.15) is 18.7 Å². The highest BCUT2D eigenvalue weighted by molar-refractivity contribution is 6.02. The first-order valence-corrected chi connectivity index (χ1v) is 9.07. The van der Waals surface area contributed by atoms with E-state index in [1.165, 1.54) is 4.90 Å². The average molecular weight is 373 g/mol. The van der Waals surface area contributed by atoms with Crippen LogP contribution in [0.4, 0.5) is 10.6 Å². The minimum atomic E-state index is -0.202. The summed E-state index contributed by atoms with van der Waals surface area (Å²) in [4.78, 5) is 38.7. The quantitative estimate of drug-likeness (QED) is 0.693. The van der Waals surface area contributed by atoms with Crippen LogP contribution in [0.2, 0.25) is 0 Å². The molecule has 3 amide bonds. The highest BCUT2D eigenvalue weighted by atomic mass is 16.5. The van der Waals surface area contributed by atoms with Gasteiger partial charge in [0.15, 0.2) is 5.65 Å². The smallest absolute Gasteiger partial charge is 0.327 e. The maximum Gasteiger partial charge on any atom is 0.327 e. The number of carbonyl (C=O) groups is 2. The van der Waals surface area contributed by atoms with Crippen molar-refractivity contribution in [3.63, 3.8) is 0 Å². The van der Waals surface area contributed by atoms with Gasteiger partial charge in [-0.3, -0.25) is 14.4 Å². The van der Waals surface area contributed by atoms with Crippen molar-refractivity contribution in [2.45, 2.75) is 18.9 Å². The zero-order valence-electron chi connectivity index (χ0n) is 15.5. The third kappa shape index (κ3) is 3.09.